The minimum atomic E-state index is -0.137. The smallest absolute Gasteiger partial charge is 0.129 e. The molecular formula is C13H21FN2. The highest BCUT2D eigenvalue weighted by Crippen LogP contribution is 2.21. The zero-order chi connectivity index (χ0) is 12.1. The lowest BCUT2D eigenvalue weighted by Crippen LogP contribution is -2.22. The molecule has 1 rings (SSSR count). The number of halogens is 1. The van der Waals surface area contributed by atoms with E-state index in [2.05, 4.69) is 19.2 Å². The Morgan fingerprint density at radius 3 is 2.56 bits per heavy atom. The molecule has 90 valence electrons. The molecule has 3 heteroatoms. The molecule has 0 atom stereocenters. The number of anilines is 1. The molecule has 0 aromatic heterocycles. The van der Waals surface area contributed by atoms with Gasteiger partial charge in [-0.25, -0.2) is 4.39 Å². The van der Waals surface area contributed by atoms with Crippen LogP contribution in [0.15, 0.2) is 18.2 Å². The van der Waals surface area contributed by atoms with Gasteiger partial charge in [-0.3, -0.25) is 0 Å². The van der Waals surface area contributed by atoms with E-state index in [1.54, 1.807) is 6.07 Å². The van der Waals surface area contributed by atoms with E-state index in [-0.39, 0.29) is 5.82 Å². The topological polar surface area (TPSA) is 15.3 Å². The standard InChI is InChI=1S/C13H21FN2/c1-10(2)8-15-9-11-12(14)6-5-7-13(11)16(3)4/h5-7,10,15H,8-9H2,1-4H3. The Balaban J connectivity index is 2.76. The van der Waals surface area contributed by atoms with Gasteiger partial charge in [0.15, 0.2) is 0 Å². The average molecular weight is 224 g/mol. The number of nitrogens with zero attached hydrogens (tertiary/aromatic N) is 1. The summed E-state index contributed by atoms with van der Waals surface area (Å²) in [6, 6.07) is 5.20. The third-order valence-electron chi connectivity index (χ3n) is 2.43. The van der Waals surface area contributed by atoms with Crippen LogP contribution in [0.1, 0.15) is 19.4 Å². The molecule has 0 spiro atoms. The van der Waals surface area contributed by atoms with Crippen LogP contribution in [0.25, 0.3) is 0 Å². The van der Waals surface area contributed by atoms with Gasteiger partial charge in [-0.2, -0.15) is 0 Å². The van der Waals surface area contributed by atoms with Crippen LogP contribution in [-0.2, 0) is 6.54 Å². The SMILES string of the molecule is CC(C)CNCc1c(F)cccc1N(C)C. The Morgan fingerprint density at radius 2 is 2.00 bits per heavy atom. The van der Waals surface area contributed by atoms with Crippen molar-refractivity contribution in [2.24, 2.45) is 5.92 Å². The van der Waals surface area contributed by atoms with Crippen molar-refractivity contribution in [1.29, 1.82) is 0 Å². The van der Waals surface area contributed by atoms with Gasteiger partial charge in [-0.1, -0.05) is 19.9 Å². The molecular weight excluding hydrogens is 203 g/mol. The minimum absolute atomic E-state index is 0.137. The lowest BCUT2D eigenvalue weighted by Gasteiger charge is -2.18. The van der Waals surface area contributed by atoms with Crippen molar-refractivity contribution in [3.8, 4) is 0 Å². The van der Waals surface area contributed by atoms with E-state index < -0.39 is 0 Å². The van der Waals surface area contributed by atoms with E-state index in [1.165, 1.54) is 6.07 Å². The molecule has 0 unspecified atom stereocenters. The van der Waals surface area contributed by atoms with E-state index in [0.717, 1.165) is 17.8 Å². The summed E-state index contributed by atoms with van der Waals surface area (Å²) in [5, 5.41) is 3.27. The normalized spacial score (nSPS) is 10.9. The van der Waals surface area contributed by atoms with Gasteiger partial charge in [0, 0.05) is 31.9 Å². The molecule has 0 bridgehead atoms. The lowest BCUT2D eigenvalue weighted by atomic mass is 10.1. The summed E-state index contributed by atoms with van der Waals surface area (Å²) in [7, 11) is 3.86. The summed E-state index contributed by atoms with van der Waals surface area (Å²) in [6.07, 6.45) is 0. The van der Waals surface area contributed by atoms with Crippen molar-refractivity contribution >= 4 is 5.69 Å². The highest BCUT2D eigenvalue weighted by molar-refractivity contribution is 5.53. The van der Waals surface area contributed by atoms with Crippen LogP contribution in [-0.4, -0.2) is 20.6 Å². The van der Waals surface area contributed by atoms with Gasteiger partial charge in [-0.05, 0) is 24.6 Å². The van der Waals surface area contributed by atoms with Gasteiger partial charge in [0.05, 0.1) is 0 Å². The first-order valence-electron chi connectivity index (χ1n) is 5.67. The number of rotatable bonds is 5. The third kappa shape index (κ3) is 3.49. The average Bonchev–Trinajstić information content (AvgIpc) is 2.19. The van der Waals surface area contributed by atoms with Gasteiger partial charge in [0.25, 0.3) is 0 Å². The Bertz CT molecular complexity index is 335. The molecule has 0 amide bonds. The van der Waals surface area contributed by atoms with Crippen LogP contribution >= 0.6 is 0 Å². The molecule has 0 fully saturated rings. The molecule has 0 radical (unpaired) electrons. The molecule has 2 nitrogen and oxygen atoms in total. The molecule has 0 aliphatic rings. The van der Waals surface area contributed by atoms with Crippen LogP contribution in [0.2, 0.25) is 0 Å². The van der Waals surface area contributed by atoms with Gasteiger partial charge in [0.1, 0.15) is 5.82 Å². The monoisotopic (exact) mass is 224 g/mol. The molecule has 0 aliphatic carbocycles. The lowest BCUT2D eigenvalue weighted by molar-refractivity contribution is 0.535. The predicted octanol–water partition coefficient (Wildman–Crippen LogP) is 2.64. The maximum Gasteiger partial charge on any atom is 0.129 e. The van der Waals surface area contributed by atoms with Crippen LogP contribution < -0.4 is 10.2 Å². The quantitative estimate of drug-likeness (QED) is 0.827. The minimum Gasteiger partial charge on any atom is -0.377 e. The van der Waals surface area contributed by atoms with Crippen molar-refractivity contribution in [2.75, 3.05) is 25.5 Å². The number of hydrogen-bond donors (Lipinski definition) is 1. The van der Waals surface area contributed by atoms with Crippen LogP contribution in [0.3, 0.4) is 0 Å². The highest BCUT2D eigenvalue weighted by atomic mass is 19.1. The Hall–Kier alpha value is -1.09. The Morgan fingerprint density at radius 1 is 1.31 bits per heavy atom. The second kappa shape index (κ2) is 5.85. The van der Waals surface area contributed by atoms with Crippen molar-refractivity contribution < 1.29 is 4.39 Å². The number of hydrogen-bond acceptors (Lipinski definition) is 2. The predicted molar refractivity (Wildman–Crippen MR) is 67.3 cm³/mol. The fraction of sp³-hybridized carbons (Fsp3) is 0.538. The Labute approximate surface area is 97.5 Å². The van der Waals surface area contributed by atoms with Gasteiger partial charge < -0.3 is 10.2 Å². The first-order chi connectivity index (χ1) is 7.52. The van der Waals surface area contributed by atoms with Gasteiger partial charge in [0.2, 0.25) is 0 Å². The summed E-state index contributed by atoms with van der Waals surface area (Å²) < 4.78 is 13.7. The maximum atomic E-state index is 13.7. The summed E-state index contributed by atoms with van der Waals surface area (Å²) in [4.78, 5) is 1.94. The zero-order valence-electron chi connectivity index (χ0n) is 10.5. The third-order valence-corrected chi connectivity index (χ3v) is 2.43. The van der Waals surface area contributed by atoms with Crippen LogP contribution in [0, 0.1) is 11.7 Å². The molecule has 1 aromatic rings. The molecule has 0 saturated heterocycles. The van der Waals surface area contributed by atoms with Crippen LogP contribution in [0.5, 0.6) is 0 Å². The fourth-order valence-corrected chi connectivity index (χ4v) is 1.63. The molecule has 1 aromatic carbocycles. The second-order valence-electron chi connectivity index (χ2n) is 4.66. The Kier molecular flexibility index (Phi) is 4.74. The largest absolute Gasteiger partial charge is 0.377 e. The van der Waals surface area contributed by atoms with Gasteiger partial charge >= 0.3 is 0 Å². The molecule has 0 heterocycles. The van der Waals surface area contributed by atoms with Crippen molar-refractivity contribution in [3.05, 3.63) is 29.6 Å². The molecule has 0 saturated carbocycles. The van der Waals surface area contributed by atoms with E-state index in [4.69, 9.17) is 0 Å². The summed E-state index contributed by atoms with van der Waals surface area (Å²) in [5.74, 6) is 0.442. The first-order valence-corrected chi connectivity index (χ1v) is 5.67. The fourth-order valence-electron chi connectivity index (χ4n) is 1.63. The number of benzene rings is 1. The molecule has 1 N–H and O–H groups in total. The van der Waals surface area contributed by atoms with E-state index in [1.807, 2.05) is 25.1 Å². The number of nitrogens with one attached hydrogen (secondary N) is 1. The van der Waals surface area contributed by atoms with E-state index in [9.17, 15) is 4.39 Å². The van der Waals surface area contributed by atoms with Crippen molar-refractivity contribution in [2.45, 2.75) is 20.4 Å². The first kappa shape index (κ1) is 13.0. The summed E-state index contributed by atoms with van der Waals surface area (Å²) in [6.45, 7) is 5.77. The van der Waals surface area contributed by atoms with E-state index >= 15 is 0 Å². The van der Waals surface area contributed by atoms with E-state index in [0.29, 0.717) is 12.5 Å². The highest BCUT2D eigenvalue weighted by Gasteiger charge is 2.09. The van der Waals surface area contributed by atoms with Gasteiger partial charge in [-0.15, -0.1) is 0 Å². The molecule has 0 aliphatic heterocycles. The summed E-state index contributed by atoms with van der Waals surface area (Å²) >= 11 is 0. The van der Waals surface area contributed by atoms with Crippen molar-refractivity contribution in [3.63, 3.8) is 0 Å². The van der Waals surface area contributed by atoms with Crippen molar-refractivity contribution in [1.82, 2.24) is 5.32 Å². The maximum absolute atomic E-state index is 13.7. The second-order valence-corrected chi connectivity index (χ2v) is 4.66. The molecule has 16 heavy (non-hydrogen) atoms. The summed E-state index contributed by atoms with van der Waals surface area (Å²) in [5.41, 5.74) is 1.68. The van der Waals surface area contributed by atoms with Crippen LogP contribution in [0.4, 0.5) is 10.1 Å². The zero-order valence-corrected chi connectivity index (χ0v) is 10.5.